The monoisotopic (exact) mass is 349 g/mol. The number of carbonyl (C=O) groups is 1. The molecular weight excluding hydrogens is 326 g/mol. The number of likely N-dealkylation sites (tertiary alicyclic amines) is 1. The van der Waals surface area contributed by atoms with Crippen molar-refractivity contribution in [3.05, 3.63) is 35.0 Å². The number of nitrogens with zero attached hydrogens (tertiary/aromatic N) is 2. The molecule has 1 aromatic carbocycles. The third-order valence-corrected chi connectivity index (χ3v) is 5.12. The lowest BCUT2D eigenvalue weighted by Gasteiger charge is -2.34. The summed E-state index contributed by atoms with van der Waals surface area (Å²) in [6.07, 6.45) is 3.37. The molecular formula is C18H24ClN3O2. The summed E-state index contributed by atoms with van der Waals surface area (Å²) < 4.78 is 1.87. The molecule has 1 saturated heterocycles. The third kappa shape index (κ3) is 3.58. The number of aromatic nitrogens is 1. The normalized spacial score (nSPS) is 18.9. The van der Waals surface area contributed by atoms with E-state index in [0.717, 1.165) is 36.8 Å². The number of rotatable bonds is 5. The lowest BCUT2D eigenvalue weighted by Crippen LogP contribution is -2.45. The van der Waals surface area contributed by atoms with Crippen molar-refractivity contribution in [1.29, 1.82) is 0 Å². The molecule has 0 saturated carbocycles. The van der Waals surface area contributed by atoms with E-state index in [-0.39, 0.29) is 18.6 Å². The summed E-state index contributed by atoms with van der Waals surface area (Å²) in [5.74, 6) is -0.0811. The van der Waals surface area contributed by atoms with E-state index >= 15 is 0 Å². The first-order chi connectivity index (χ1) is 11.6. The molecule has 1 aromatic heterocycles. The Morgan fingerprint density at radius 1 is 1.38 bits per heavy atom. The van der Waals surface area contributed by atoms with Gasteiger partial charge in [-0.25, -0.2) is 0 Å². The third-order valence-electron chi connectivity index (χ3n) is 4.88. The first kappa shape index (κ1) is 17.3. The van der Waals surface area contributed by atoms with Gasteiger partial charge in [-0.05, 0) is 37.6 Å². The SMILES string of the molecule is Cn1c(C(=O)NCCN2CCCC[C@@H]2CO)cc2ccc(Cl)cc21. The number of hydrogen-bond acceptors (Lipinski definition) is 3. The molecule has 0 aliphatic carbocycles. The number of carbonyl (C=O) groups excluding carboxylic acids is 1. The Bertz CT molecular complexity index is 728. The number of halogens is 1. The van der Waals surface area contributed by atoms with E-state index in [0.29, 0.717) is 17.3 Å². The Hall–Kier alpha value is -1.56. The zero-order valence-corrected chi connectivity index (χ0v) is 14.7. The maximum Gasteiger partial charge on any atom is 0.267 e. The fraction of sp³-hybridized carbons (Fsp3) is 0.500. The molecule has 1 aliphatic heterocycles. The maximum absolute atomic E-state index is 12.5. The van der Waals surface area contributed by atoms with E-state index in [2.05, 4.69) is 10.2 Å². The molecule has 3 rings (SSSR count). The van der Waals surface area contributed by atoms with Crippen LogP contribution in [0.4, 0.5) is 0 Å². The summed E-state index contributed by atoms with van der Waals surface area (Å²) in [7, 11) is 1.88. The minimum Gasteiger partial charge on any atom is -0.395 e. The lowest BCUT2D eigenvalue weighted by atomic mass is 10.0. The minimum atomic E-state index is -0.0811. The van der Waals surface area contributed by atoms with Gasteiger partial charge in [0.15, 0.2) is 0 Å². The van der Waals surface area contributed by atoms with Crippen LogP contribution in [0, 0.1) is 0 Å². The highest BCUT2D eigenvalue weighted by atomic mass is 35.5. The van der Waals surface area contributed by atoms with Gasteiger partial charge in [-0.2, -0.15) is 0 Å². The van der Waals surface area contributed by atoms with Crippen molar-refractivity contribution in [3.8, 4) is 0 Å². The van der Waals surface area contributed by atoms with Crippen molar-refractivity contribution in [2.45, 2.75) is 25.3 Å². The highest BCUT2D eigenvalue weighted by Gasteiger charge is 2.21. The molecule has 6 heteroatoms. The van der Waals surface area contributed by atoms with E-state index in [9.17, 15) is 9.90 Å². The second kappa shape index (κ2) is 7.55. The predicted octanol–water partition coefficient (Wildman–Crippen LogP) is 2.41. The van der Waals surface area contributed by atoms with Crippen LogP contribution in [0.5, 0.6) is 0 Å². The topological polar surface area (TPSA) is 57.5 Å². The van der Waals surface area contributed by atoms with Gasteiger partial charge in [0.05, 0.1) is 6.61 Å². The number of piperidine rings is 1. The van der Waals surface area contributed by atoms with Gasteiger partial charge in [0.25, 0.3) is 5.91 Å². The van der Waals surface area contributed by atoms with E-state index in [1.54, 1.807) is 0 Å². The number of nitrogens with one attached hydrogen (secondary N) is 1. The summed E-state index contributed by atoms with van der Waals surface area (Å²) in [4.78, 5) is 14.7. The number of aliphatic hydroxyl groups excluding tert-OH is 1. The molecule has 0 unspecified atom stereocenters. The molecule has 1 amide bonds. The van der Waals surface area contributed by atoms with Crippen LogP contribution in [0.2, 0.25) is 5.02 Å². The fourth-order valence-corrected chi connectivity index (χ4v) is 3.65. The van der Waals surface area contributed by atoms with Crippen LogP contribution in [-0.4, -0.2) is 52.8 Å². The number of amides is 1. The first-order valence-electron chi connectivity index (χ1n) is 8.48. The molecule has 130 valence electrons. The summed E-state index contributed by atoms with van der Waals surface area (Å²) in [6.45, 7) is 2.54. The summed E-state index contributed by atoms with van der Waals surface area (Å²) in [5.41, 5.74) is 1.58. The standard InChI is InChI=1S/C18H24ClN3O2/c1-21-16-11-14(19)6-5-13(16)10-17(21)18(24)20-7-9-22-8-3-2-4-15(22)12-23/h5-6,10-11,15,23H,2-4,7-9,12H2,1H3,(H,20,24)/t15-/m1/s1. The molecule has 0 radical (unpaired) electrons. The molecule has 1 atom stereocenters. The average molecular weight is 350 g/mol. The number of aryl methyl sites for hydroxylation is 1. The van der Waals surface area contributed by atoms with Gasteiger partial charge in [0.2, 0.25) is 0 Å². The van der Waals surface area contributed by atoms with Gasteiger partial charge in [0.1, 0.15) is 5.69 Å². The van der Waals surface area contributed by atoms with Gasteiger partial charge >= 0.3 is 0 Å². The van der Waals surface area contributed by atoms with Crippen LogP contribution in [0.3, 0.4) is 0 Å². The molecule has 5 nitrogen and oxygen atoms in total. The van der Waals surface area contributed by atoms with Gasteiger partial charge in [-0.3, -0.25) is 9.69 Å². The smallest absolute Gasteiger partial charge is 0.267 e. The van der Waals surface area contributed by atoms with Gasteiger partial charge in [-0.15, -0.1) is 0 Å². The van der Waals surface area contributed by atoms with Gasteiger partial charge < -0.3 is 15.0 Å². The molecule has 2 N–H and O–H groups in total. The second-order valence-electron chi connectivity index (χ2n) is 6.42. The van der Waals surface area contributed by atoms with Crippen molar-refractivity contribution in [3.63, 3.8) is 0 Å². The Balaban J connectivity index is 1.62. The highest BCUT2D eigenvalue weighted by Crippen LogP contribution is 2.22. The van der Waals surface area contributed by atoms with Gasteiger partial charge in [-0.1, -0.05) is 24.1 Å². The molecule has 2 aromatic rings. The molecule has 0 bridgehead atoms. The zero-order valence-electron chi connectivity index (χ0n) is 14.0. The molecule has 2 heterocycles. The van der Waals surface area contributed by atoms with Crippen molar-refractivity contribution < 1.29 is 9.90 Å². The molecule has 0 spiro atoms. The quantitative estimate of drug-likeness (QED) is 0.871. The molecule has 1 aliphatic rings. The van der Waals surface area contributed by atoms with E-state index < -0.39 is 0 Å². The number of benzene rings is 1. The molecule has 24 heavy (non-hydrogen) atoms. The first-order valence-corrected chi connectivity index (χ1v) is 8.86. The minimum absolute atomic E-state index is 0.0811. The Kier molecular flexibility index (Phi) is 5.43. The Morgan fingerprint density at radius 3 is 3.00 bits per heavy atom. The summed E-state index contributed by atoms with van der Waals surface area (Å²) in [6, 6.07) is 7.74. The van der Waals surface area contributed by atoms with Crippen molar-refractivity contribution in [2.24, 2.45) is 7.05 Å². The average Bonchev–Trinajstić information content (AvgIpc) is 2.92. The zero-order chi connectivity index (χ0) is 17.1. The largest absolute Gasteiger partial charge is 0.395 e. The second-order valence-corrected chi connectivity index (χ2v) is 6.85. The summed E-state index contributed by atoms with van der Waals surface area (Å²) >= 11 is 6.04. The fourth-order valence-electron chi connectivity index (χ4n) is 3.49. The van der Waals surface area contributed by atoms with Crippen molar-refractivity contribution in [1.82, 2.24) is 14.8 Å². The van der Waals surface area contributed by atoms with E-state index in [4.69, 9.17) is 11.6 Å². The van der Waals surface area contributed by atoms with Gasteiger partial charge in [0, 0.05) is 42.1 Å². The van der Waals surface area contributed by atoms with Crippen LogP contribution < -0.4 is 5.32 Å². The van der Waals surface area contributed by atoms with Crippen LogP contribution >= 0.6 is 11.6 Å². The maximum atomic E-state index is 12.5. The van der Waals surface area contributed by atoms with Crippen molar-refractivity contribution in [2.75, 3.05) is 26.2 Å². The van der Waals surface area contributed by atoms with Crippen LogP contribution in [0.25, 0.3) is 10.9 Å². The predicted molar refractivity (Wildman–Crippen MR) is 96.6 cm³/mol. The molecule has 1 fully saturated rings. The Morgan fingerprint density at radius 2 is 2.21 bits per heavy atom. The highest BCUT2D eigenvalue weighted by molar-refractivity contribution is 6.31. The summed E-state index contributed by atoms with van der Waals surface area (Å²) in [5, 5.41) is 14.1. The number of fused-ring (bicyclic) bond motifs is 1. The number of hydrogen-bond donors (Lipinski definition) is 2. The van der Waals surface area contributed by atoms with E-state index in [1.807, 2.05) is 35.9 Å². The van der Waals surface area contributed by atoms with Crippen LogP contribution in [-0.2, 0) is 7.05 Å². The van der Waals surface area contributed by atoms with Crippen molar-refractivity contribution >= 4 is 28.4 Å². The van der Waals surface area contributed by atoms with Crippen LogP contribution in [0.1, 0.15) is 29.8 Å². The Labute approximate surface area is 147 Å². The van der Waals surface area contributed by atoms with Crippen LogP contribution in [0.15, 0.2) is 24.3 Å². The lowest BCUT2D eigenvalue weighted by molar-refractivity contribution is 0.0845. The number of aliphatic hydroxyl groups is 1. The van der Waals surface area contributed by atoms with E-state index in [1.165, 1.54) is 6.42 Å².